The molecule has 0 bridgehead atoms. The van der Waals surface area contributed by atoms with Crippen LogP contribution in [0.5, 0.6) is 0 Å². The van der Waals surface area contributed by atoms with Crippen molar-refractivity contribution in [2.45, 2.75) is 24.3 Å². The van der Waals surface area contributed by atoms with Gasteiger partial charge < -0.3 is 5.73 Å². The van der Waals surface area contributed by atoms with Crippen LogP contribution in [0.25, 0.3) is 0 Å². The van der Waals surface area contributed by atoms with Crippen LogP contribution in [-0.4, -0.2) is 26.3 Å². The Kier molecular flexibility index (Phi) is 4.84. The largest absolute Gasteiger partial charge is 0.324 e. The molecule has 1 aromatic carbocycles. The average molecular weight is 267 g/mol. The molecule has 1 aromatic rings. The molecular formula is C12H17N3O2S. The van der Waals surface area contributed by atoms with Crippen LogP contribution in [-0.2, 0) is 10.0 Å². The molecule has 0 saturated carbocycles. The van der Waals surface area contributed by atoms with E-state index in [4.69, 9.17) is 11.0 Å². The van der Waals surface area contributed by atoms with Gasteiger partial charge in [0.1, 0.15) is 0 Å². The number of benzene rings is 1. The van der Waals surface area contributed by atoms with Crippen LogP contribution in [0.3, 0.4) is 0 Å². The Balaban J connectivity index is 3.05. The topological polar surface area (TPSA) is 87.2 Å². The lowest BCUT2D eigenvalue weighted by Crippen LogP contribution is -2.28. The molecule has 0 aliphatic rings. The van der Waals surface area contributed by atoms with Crippen molar-refractivity contribution in [3.8, 4) is 6.07 Å². The maximum absolute atomic E-state index is 12.2. The summed E-state index contributed by atoms with van der Waals surface area (Å²) in [5, 5.41) is 8.48. The van der Waals surface area contributed by atoms with E-state index in [0.717, 1.165) is 5.56 Å². The van der Waals surface area contributed by atoms with Gasteiger partial charge in [0.05, 0.1) is 11.0 Å². The summed E-state index contributed by atoms with van der Waals surface area (Å²) in [6.07, 6.45) is 0.169. The highest BCUT2D eigenvalue weighted by Gasteiger charge is 2.20. The Morgan fingerprint density at radius 1 is 1.50 bits per heavy atom. The van der Waals surface area contributed by atoms with Gasteiger partial charge in [0.2, 0.25) is 10.0 Å². The number of nitrogens with two attached hydrogens (primary N) is 1. The van der Waals surface area contributed by atoms with Crippen LogP contribution in [0, 0.1) is 11.3 Å². The van der Waals surface area contributed by atoms with Crippen molar-refractivity contribution in [2.24, 2.45) is 5.73 Å². The fraction of sp³-hybridized carbons (Fsp3) is 0.417. The first-order chi connectivity index (χ1) is 8.39. The zero-order valence-corrected chi connectivity index (χ0v) is 11.3. The molecule has 0 radical (unpaired) electrons. The third kappa shape index (κ3) is 3.29. The first kappa shape index (κ1) is 14.6. The highest BCUT2D eigenvalue weighted by atomic mass is 32.2. The Morgan fingerprint density at radius 2 is 2.17 bits per heavy atom. The summed E-state index contributed by atoms with van der Waals surface area (Å²) in [5.41, 5.74) is 6.50. The van der Waals surface area contributed by atoms with E-state index in [2.05, 4.69) is 0 Å². The standard InChI is InChI=1S/C12H17N3O2S/c1-10(14)11-5-3-6-12(9-11)18(16,17)15(2)8-4-7-13/h3,5-6,9-10H,4,8,14H2,1-2H3. The Hall–Kier alpha value is -1.42. The molecule has 1 unspecified atom stereocenters. The molecule has 2 N–H and O–H groups in total. The molecule has 1 rings (SSSR count). The van der Waals surface area contributed by atoms with Crippen molar-refractivity contribution in [3.05, 3.63) is 29.8 Å². The first-order valence-electron chi connectivity index (χ1n) is 5.58. The normalized spacial score (nSPS) is 13.3. The summed E-state index contributed by atoms with van der Waals surface area (Å²) < 4.78 is 25.6. The smallest absolute Gasteiger partial charge is 0.242 e. The van der Waals surface area contributed by atoms with Crippen molar-refractivity contribution < 1.29 is 8.42 Å². The molecule has 0 fully saturated rings. The predicted octanol–water partition coefficient (Wildman–Crippen LogP) is 1.24. The van der Waals surface area contributed by atoms with Gasteiger partial charge in [-0.2, -0.15) is 9.57 Å². The summed E-state index contributed by atoms with van der Waals surface area (Å²) >= 11 is 0. The van der Waals surface area contributed by atoms with E-state index in [1.165, 1.54) is 17.4 Å². The summed E-state index contributed by atoms with van der Waals surface area (Å²) in [6.45, 7) is 1.98. The predicted molar refractivity (Wildman–Crippen MR) is 69.1 cm³/mol. The molecule has 0 spiro atoms. The van der Waals surface area contributed by atoms with Gasteiger partial charge >= 0.3 is 0 Å². The van der Waals surface area contributed by atoms with Crippen LogP contribution in [0.15, 0.2) is 29.2 Å². The van der Waals surface area contributed by atoms with Crippen molar-refractivity contribution in [1.29, 1.82) is 5.26 Å². The maximum atomic E-state index is 12.2. The molecule has 6 heteroatoms. The fourth-order valence-electron chi connectivity index (χ4n) is 1.47. The Bertz CT molecular complexity index is 547. The number of nitrogens with zero attached hydrogens (tertiary/aromatic N) is 2. The molecule has 1 atom stereocenters. The second-order valence-electron chi connectivity index (χ2n) is 4.10. The van der Waals surface area contributed by atoms with Gasteiger partial charge in [0.15, 0.2) is 0 Å². The van der Waals surface area contributed by atoms with Crippen molar-refractivity contribution in [3.63, 3.8) is 0 Å². The minimum atomic E-state index is -3.54. The Labute approximate surface area is 108 Å². The molecule has 0 aromatic heterocycles. The quantitative estimate of drug-likeness (QED) is 0.869. The number of nitriles is 1. The van der Waals surface area contributed by atoms with Gasteiger partial charge in [0.25, 0.3) is 0 Å². The van der Waals surface area contributed by atoms with Gasteiger partial charge in [-0.25, -0.2) is 8.42 Å². The van der Waals surface area contributed by atoms with Gasteiger partial charge in [-0.05, 0) is 24.6 Å². The highest BCUT2D eigenvalue weighted by Crippen LogP contribution is 2.18. The highest BCUT2D eigenvalue weighted by molar-refractivity contribution is 7.89. The number of sulfonamides is 1. The number of hydrogen-bond donors (Lipinski definition) is 1. The van der Waals surface area contributed by atoms with Crippen LogP contribution in [0.2, 0.25) is 0 Å². The molecule has 0 saturated heterocycles. The lowest BCUT2D eigenvalue weighted by molar-refractivity contribution is 0.476. The van der Waals surface area contributed by atoms with E-state index >= 15 is 0 Å². The van der Waals surface area contributed by atoms with E-state index in [0.29, 0.717) is 0 Å². The molecular weight excluding hydrogens is 250 g/mol. The average Bonchev–Trinajstić information content (AvgIpc) is 2.35. The third-order valence-corrected chi connectivity index (χ3v) is 4.48. The van der Waals surface area contributed by atoms with Crippen LogP contribution in [0.1, 0.15) is 24.9 Å². The molecule has 0 aliphatic heterocycles. The van der Waals surface area contributed by atoms with Gasteiger partial charge in [-0.15, -0.1) is 0 Å². The molecule has 0 amide bonds. The van der Waals surface area contributed by atoms with Crippen LogP contribution >= 0.6 is 0 Å². The molecule has 0 aliphatic carbocycles. The monoisotopic (exact) mass is 267 g/mol. The van der Waals surface area contributed by atoms with Crippen molar-refractivity contribution >= 4 is 10.0 Å². The summed E-state index contributed by atoms with van der Waals surface area (Å²) in [4.78, 5) is 0.206. The third-order valence-electron chi connectivity index (χ3n) is 2.63. The van der Waals surface area contributed by atoms with Gasteiger partial charge in [-0.1, -0.05) is 12.1 Å². The zero-order valence-electron chi connectivity index (χ0n) is 10.5. The molecule has 0 heterocycles. The fourth-order valence-corrected chi connectivity index (χ4v) is 2.69. The van der Waals surface area contributed by atoms with E-state index in [9.17, 15) is 8.42 Å². The zero-order chi connectivity index (χ0) is 13.8. The van der Waals surface area contributed by atoms with E-state index in [1.54, 1.807) is 25.1 Å². The van der Waals surface area contributed by atoms with Crippen LogP contribution < -0.4 is 5.73 Å². The minimum Gasteiger partial charge on any atom is -0.324 e. The summed E-state index contributed by atoms with van der Waals surface area (Å²) in [7, 11) is -2.08. The molecule has 18 heavy (non-hydrogen) atoms. The molecule has 5 nitrogen and oxygen atoms in total. The number of rotatable bonds is 5. The number of hydrogen-bond acceptors (Lipinski definition) is 4. The van der Waals surface area contributed by atoms with Gasteiger partial charge in [-0.3, -0.25) is 0 Å². The van der Waals surface area contributed by atoms with E-state index in [-0.39, 0.29) is 23.9 Å². The second kappa shape index (κ2) is 5.96. The van der Waals surface area contributed by atoms with Crippen molar-refractivity contribution in [2.75, 3.05) is 13.6 Å². The lowest BCUT2D eigenvalue weighted by Gasteiger charge is -2.16. The second-order valence-corrected chi connectivity index (χ2v) is 6.14. The molecule has 98 valence electrons. The van der Waals surface area contributed by atoms with E-state index in [1.807, 2.05) is 6.07 Å². The lowest BCUT2D eigenvalue weighted by atomic mass is 10.1. The Morgan fingerprint density at radius 3 is 2.72 bits per heavy atom. The maximum Gasteiger partial charge on any atom is 0.242 e. The van der Waals surface area contributed by atoms with E-state index < -0.39 is 10.0 Å². The van der Waals surface area contributed by atoms with Gasteiger partial charge in [0, 0.05) is 26.1 Å². The summed E-state index contributed by atoms with van der Waals surface area (Å²) in [5.74, 6) is 0. The summed E-state index contributed by atoms with van der Waals surface area (Å²) in [6, 6.07) is 8.27. The van der Waals surface area contributed by atoms with Crippen LogP contribution in [0.4, 0.5) is 0 Å². The minimum absolute atomic E-state index is 0.169. The van der Waals surface area contributed by atoms with Crippen molar-refractivity contribution in [1.82, 2.24) is 4.31 Å². The SMILES string of the molecule is CC(N)c1cccc(S(=O)(=O)N(C)CCC#N)c1. The first-order valence-corrected chi connectivity index (χ1v) is 7.02.